The Bertz CT molecular complexity index is 1870. The molecule has 4 aromatic carbocycles. The van der Waals surface area contributed by atoms with Gasteiger partial charge in [-0.25, -0.2) is 4.79 Å². The highest BCUT2D eigenvalue weighted by molar-refractivity contribution is 5.87. The predicted molar refractivity (Wildman–Crippen MR) is 209 cm³/mol. The van der Waals surface area contributed by atoms with E-state index in [1.807, 2.05) is 110 Å². The topological polar surface area (TPSA) is 133 Å². The first-order valence-corrected chi connectivity index (χ1v) is 18.1. The van der Waals surface area contributed by atoms with Crippen LogP contribution in [0.2, 0.25) is 0 Å². The molecular weight excluding hydrogens is 700 g/mol. The lowest BCUT2D eigenvalue weighted by Gasteiger charge is -2.39. The van der Waals surface area contributed by atoms with Gasteiger partial charge in [-0.2, -0.15) is 0 Å². The molecule has 1 fully saturated rings. The van der Waals surface area contributed by atoms with Crippen molar-refractivity contribution in [3.8, 4) is 11.5 Å². The third-order valence-corrected chi connectivity index (χ3v) is 8.73. The van der Waals surface area contributed by atoms with E-state index in [4.69, 9.17) is 28.4 Å². The largest absolute Gasteiger partial charge is 0.489 e. The summed E-state index contributed by atoms with van der Waals surface area (Å²) >= 11 is 0. The van der Waals surface area contributed by atoms with Crippen molar-refractivity contribution in [2.45, 2.75) is 63.9 Å². The summed E-state index contributed by atoms with van der Waals surface area (Å²) in [7, 11) is 0. The number of carbonyl (C=O) groups is 1. The van der Waals surface area contributed by atoms with Crippen LogP contribution in [0, 0.1) is 0 Å². The standard InChI is InChI=1S/C45H48O10/c1-3-32(26-37(4-2)51-28-34-14-8-5-9-15-34)24-25-50-45-44(49)43(48)42(47)40(55-45)31-54-41(46)23-21-33-20-22-38(52-29-35-16-10-6-11-17-35)39(27-33)53-30-36-18-12-7-13-19-36/h3-23,26-27,40,42-45,47-49H,2,24-25,28-31H2,1H3/b23-21+,32-3-,37-26+. The SMILES string of the molecule is C=C/C(=C\C(=C/C)CCOC1OC(COC(=O)/C=C/c2ccc(OCc3ccccc3)c(OCc3ccccc3)c2)C(O)C(O)C1O)OCc1ccccc1. The molecule has 1 aliphatic rings. The summed E-state index contributed by atoms with van der Waals surface area (Å²) < 4.78 is 35.0. The van der Waals surface area contributed by atoms with E-state index in [2.05, 4.69) is 6.58 Å². The van der Waals surface area contributed by atoms with Crippen LogP contribution in [0.25, 0.3) is 6.08 Å². The molecule has 288 valence electrons. The fourth-order valence-electron chi connectivity index (χ4n) is 5.58. The van der Waals surface area contributed by atoms with Gasteiger partial charge in [0.05, 0.1) is 6.61 Å². The molecule has 5 rings (SSSR count). The second kappa shape index (κ2) is 21.4. The van der Waals surface area contributed by atoms with Gasteiger partial charge < -0.3 is 43.7 Å². The van der Waals surface area contributed by atoms with Gasteiger partial charge in [0.1, 0.15) is 56.6 Å². The van der Waals surface area contributed by atoms with Crippen LogP contribution in [0.15, 0.2) is 151 Å². The molecule has 0 aromatic heterocycles. The summed E-state index contributed by atoms with van der Waals surface area (Å²) in [5, 5.41) is 31.7. The quantitative estimate of drug-likeness (QED) is 0.0405. The molecule has 5 atom stereocenters. The average Bonchev–Trinajstić information content (AvgIpc) is 3.23. The lowest BCUT2D eigenvalue weighted by atomic mass is 9.99. The monoisotopic (exact) mass is 748 g/mol. The van der Waals surface area contributed by atoms with Gasteiger partial charge in [0.25, 0.3) is 0 Å². The first kappa shape index (κ1) is 40.7. The lowest BCUT2D eigenvalue weighted by Crippen LogP contribution is -2.59. The number of hydrogen-bond acceptors (Lipinski definition) is 10. The molecule has 0 aliphatic carbocycles. The zero-order chi connectivity index (χ0) is 38.8. The Balaban J connectivity index is 1.13. The Labute approximate surface area is 322 Å². The smallest absolute Gasteiger partial charge is 0.330 e. The van der Waals surface area contributed by atoms with Crippen LogP contribution in [0.4, 0.5) is 0 Å². The molecular formula is C45H48O10. The van der Waals surface area contributed by atoms with Crippen LogP contribution in [-0.4, -0.2) is 65.2 Å². The van der Waals surface area contributed by atoms with Crippen LogP contribution in [-0.2, 0) is 43.6 Å². The normalized spacial score (nSPS) is 20.2. The third-order valence-electron chi connectivity index (χ3n) is 8.73. The van der Waals surface area contributed by atoms with E-state index in [0.717, 1.165) is 22.3 Å². The highest BCUT2D eigenvalue weighted by Crippen LogP contribution is 2.31. The van der Waals surface area contributed by atoms with Crippen molar-refractivity contribution >= 4 is 12.0 Å². The van der Waals surface area contributed by atoms with Crippen LogP contribution in [0.3, 0.4) is 0 Å². The predicted octanol–water partition coefficient (Wildman–Crippen LogP) is 6.85. The maximum Gasteiger partial charge on any atom is 0.330 e. The van der Waals surface area contributed by atoms with E-state index in [1.165, 1.54) is 6.08 Å². The molecule has 0 spiro atoms. The minimum Gasteiger partial charge on any atom is -0.489 e. The van der Waals surface area contributed by atoms with Crippen molar-refractivity contribution in [3.63, 3.8) is 0 Å². The van der Waals surface area contributed by atoms with Crippen molar-refractivity contribution in [1.82, 2.24) is 0 Å². The maximum atomic E-state index is 12.8. The zero-order valence-corrected chi connectivity index (χ0v) is 30.8. The van der Waals surface area contributed by atoms with Crippen molar-refractivity contribution in [1.29, 1.82) is 0 Å². The number of hydrogen-bond donors (Lipinski definition) is 3. The number of aliphatic hydroxyl groups is 3. The summed E-state index contributed by atoms with van der Waals surface area (Å²) in [4.78, 5) is 12.8. The summed E-state index contributed by atoms with van der Waals surface area (Å²) in [5.41, 5.74) is 4.56. The van der Waals surface area contributed by atoms with Gasteiger partial charge in [-0.15, -0.1) is 0 Å². The Hall–Kier alpha value is -5.49. The molecule has 4 aromatic rings. The van der Waals surface area contributed by atoms with Gasteiger partial charge in [-0.3, -0.25) is 0 Å². The molecule has 10 heteroatoms. The van der Waals surface area contributed by atoms with Crippen molar-refractivity contribution in [2.75, 3.05) is 13.2 Å². The van der Waals surface area contributed by atoms with E-state index < -0.39 is 43.3 Å². The van der Waals surface area contributed by atoms with Gasteiger partial charge in [0.2, 0.25) is 0 Å². The molecule has 0 radical (unpaired) electrons. The lowest BCUT2D eigenvalue weighted by molar-refractivity contribution is -0.301. The number of allylic oxidation sites excluding steroid dienone is 3. The van der Waals surface area contributed by atoms with E-state index in [0.29, 0.717) is 49.1 Å². The molecule has 55 heavy (non-hydrogen) atoms. The van der Waals surface area contributed by atoms with Crippen LogP contribution in [0.1, 0.15) is 35.6 Å². The molecule has 3 N–H and O–H groups in total. The van der Waals surface area contributed by atoms with Crippen LogP contribution >= 0.6 is 0 Å². The molecule has 0 amide bonds. The first-order valence-electron chi connectivity index (χ1n) is 18.1. The Morgan fingerprint density at radius 1 is 0.745 bits per heavy atom. The Morgan fingerprint density at radius 2 is 1.35 bits per heavy atom. The fourth-order valence-corrected chi connectivity index (χ4v) is 5.58. The van der Waals surface area contributed by atoms with Crippen molar-refractivity contribution in [3.05, 3.63) is 174 Å². The maximum absolute atomic E-state index is 12.8. The number of rotatable bonds is 19. The summed E-state index contributed by atoms with van der Waals surface area (Å²) in [6, 6.07) is 34.6. The van der Waals surface area contributed by atoms with Gasteiger partial charge in [0, 0.05) is 6.08 Å². The summed E-state index contributed by atoms with van der Waals surface area (Å²) in [6.45, 7) is 6.50. The third kappa shape index (κ3) is 12.8. The molecule has 1 saturated heterocycles. The van der Waals surface area contributed by atoms with E-state index in [-0.39, 0.29) is 6.61 Å². The molecule has 0 saturated carbocycles. The molecule has 0 bridgehead atoms. The molecule has 1 aliphatic heterocycles. The minimum absolute atomic E-state index is 0.117. The summed E-state index contributed by atoms with van der Waals surface area (Å²) in [6.07, 6.45) is 1.54. The second-order valence-corrected chi connectivity index (χ2v) is 12.7. The zero-order valence-electron chi connectivity index (χ0n) is 30.8. The summed E-state index contributed by atoms with van der Waals surface area (Å²) in [5.74, 6) is 0.931. The van der Waals surface area contributed by atoms with Gasteiger partial charge >= 0.3 is 5.97 Å². The number of benzene rings is 4. The highest BCUT2D eigenvalue weighted by atomic mass is 16.7. The first-order chi connectivity index (χ1) is 26.8. The van der Waals surface area contributed by atoms with Crippen LogP contribution < -0.4 is 9.47 Å². The number of esters is 1. The fraction of sp³-hybridized carbons (Fsp3) is 0.267. The van der Waals surface area contributed by atoms with E-state index in [9.17, 15) is 20.1 Å². The van der Waals surface area contributed by atoms with E-state index in [1.54, 1.807) is 30.4 Å². The van der Waals surface area contributed by atoms with Gasteiger partial charge in [-0.1, -0.05) is 110 Å². The van der Waals surface area contributed by atoms with Crippen LogP contribution in [0.5, 0.6) is 11.5 Å². The second-order valence-electron chi connectivity index (χ2n) is 12.7. The van der Waals surface area contributed by atoms with Gasteiger partial charge in [0.15, 0.2) is 17.8 Å². The number of ether oxygens (including phenoxy) is 6. The van der Waals surface area contributed by atoms with Crippen molar-refractivity contribution in [2.24, 2.45) is 0 Å². The minimum atomic E-state index is -1.59. The number of carbonyl (C=O) groups excluding carboxylic acids is 1. The molecule has 1 heterocycles. The van der Waals surface area contributed by atoms with Gasteiger partial charge in [-0.05, 0) is 71.5 Å². The Morgan fingerprint density at radius 3 is 1.95 bits per heavy atom. The average molecular weight is 749 g/mol. The molecule has 10 nitrogen and oxygen atoms in total. The Kier molecular flexibility index (Phi) is 15.8. The van der Waals surface area contributed by atoms with E-state index >= 15 is 0 Å². The van der Waals surface area contributed by atoms with Crippen molar-refractivity contribution < 1.29 is 48.5 Å². The number of aliphatic hydroxyl groups excluding tert-OH is 3. The highest BCUT2D eigenvalue weighted by Gasteiger charge is 2.44. The molecule has 5 unspecified atom stereocenters.